The van der Waals surface area contributed by atoms with Crippen LogP contribution in [0.3, 0.4) is 0 Å². The van der Waals surface area contributed by atoms with E-state index in [0.717, 1.165) is 19.4 Å². The van der Waals surface area contributed by atoms with Gasteiger partial charge in [0.15, 0.2) is 0 Å². The van der Waals surface area contributed by atoms with Crippen LogP contribution in [-0.2, 0) is 16.4 Å². The molecule has 4 nitrogen and oxygen atoms in total. The number of aryl methyl sites for hydroxylation is 1. The first-order chi connectivity index (χ1) is 9.31. The molecule has 0 amide bonds. The molecule has 114 valence electrons. The zero-order valence-corrected chi connectivity index (χ0v) is 13.6. The normalized spacial score (nSPS) is 12.3. The first kappa shape index (κ1) is 17.1. The van der Waals surface area contributed by atoms with Gasteiger partial charge >= 0.3 is 0 Å². The standard InChI is InChI=1S/C15H26N2O2S/c1-12(2)16-11-5-6-14-7-9-15(10-8-14)20(18,19)17-13(3)4/h7-10,12-13,16-17H,5-6,11H2,1-4H3. The lowest BCUT2D eigenvalue weighted by Gasteiger charge is -2.10. The highest BCUT2D eigenvalue weighted by molar-refractivity contribution is 7.89. The van der Waals surface area contributed by atoms with E-state index < -0.39 is 10.0 Å². The molecule has 2 N–H and O–H groups in total. The summed E-state index contributed by atoms with van der Waals surface area (Å²) in [6, 6.07) is 7.55. The molecule has 0 heterocycles. The average molecular weight is 298 g/mol. The maximum atomic E-state index is 12.0. The predicted molar refractivity (Wildman–Crippen MR) is 83.4 cm³/mol. The molecule has 1 rings (SSSR count). The van der Waals surface area contributed by atoms with Crippen LogP contribution in [0.5, 0.6) is 0 Å². The molecule has 0 aliphatic carbocycles. The van der Waals surface area contributed by atoms with Gasteiger partial charge in [0.05, 0.1) is 4.90 Å². The molecule has 0 bridgehead atoms. The molecule has 0 fully saturated rings. The molecular formula is C15H26N2O2S. The second-order valence-electron chi connectivity index (χ2n) is 5.63. The van der Waals surface area contributed by atoms with E-state index in [4.69, 9.17) is 0 Å². The van der Waals surface area contributed by atoms with E-state index in [2.05, 4.69) is 23.9 Å². The molecule has 0 spiro atoms. The first-order valence-corrected chi connectivity index (χ1v) is 8.64. The van der Waals surface area contributed by atoms with Crippen LogP contribution < -0.4 is 10.0 Å². The second kappa shape index (κ2) is 7.76. The summed E-state index contributed by atoms with van der Waals surface area (Å²) in [4.78, 5) is 0.329. The minimum Gasteiger partial charge on any atom is -0.315 e. The van der Waals surface area contributed by atoms with Gasteiger partial charge in [-0.25, -0.2) is 13.1 Å². The van der Waals surface area contributed by atoms with Crippen molar-refractivity contribution in [2.45, 2.75) is 57.5 Å². The summed E-state index contributed by atoms with van der Waals surface area (Å²) in [5.74, 6) is 0. The summed E-state index contributed by atoms with van der Waals surface area (Å²) < 4.78 is 26.5. The van der Waals surface area contributed by atoms with Crippen molar-refractivity contribution < 1.29 is 8.42 Å². The Morgan fingerprint density at radius 1 is 1.00 bits per heavy atom. The molecule has 0 atom stereocenters. The van der Waals surface area contributed by atoms with Crippen molar-refractivity contribution in [1.29, 1.82) is 0 Å². The fraction of sp³-hybridized carbons (Fsp3) is 0.600. The third-order valence-corrected chi connectivity index (χ3v) is 4.49. The quantitative estimate of drug-likeness (QED) is 0.724. The monoisotopic (exact) mass is 298 g/mol. The van der Waals surface area contributed by atoms with Crippen LogP contribution in [-0.4, -0.2) is 27.0 Å². The van der Waals surface area contributed by atoms with E-state index in [1.165, 1.54) is 5.56 Å². The van der Waals surface area contributed by atoms with E-state index in [9.17, 15) is 8.42 Å². The Bertz CT molecular complexity index is 493. The van der Waals surface area contributed by atoms with Crippen molar-refractivity contribution in [3.63, 3.8) is 0 Å². The van der Waals surface area contributed by atoms with E-state index in [0.29, 0.717) is 10.9 Å². The summed E-state index contributed by atoms with van der Waals surface area (Å²) in [7, 11) is -3.38. The molecule has 0 aliphatic heterocycles. The Morgan fingerprint density at radius 2 is 1.60 bits per heavy atom. The zero-order chi connectivity index (χ0) is 15.2. The highest BCUT2D eigenvalue weighted by Gasteiger charge is 2.14. The number of rotatable bonds is 8. The van der Waals surface area contributed by atoms with Gasteiger partial charge in [-0.05, 0) is 50.9 Å². The summed E-state index contributed by atoms with van der Waals surface area (Å²) in [6.45, 7) is 8.86. The largest absolute Gasteiger partial charge is 0.315 e. The lowest BCUT2D eigenvalue weighted by molar-refractivity contribution is 0.568. The van der Waals surface area contributed by atoms with E-state index in [1.54, 1.807) is 12.1 Å². The van der Waals surface area contributed by atoms with Gasteiger partial charge in [0.2, 0.25) is 10.0 Å². The molecule has 1 aromatic rings. The van der Waals surface area contributed by atoms with Crippen molar-refractivity contribution in [1.82, 2.24) is 10.0 Å². The average Bonchev–Trinajstić information content (AvgIpc) is 2.33. The molecule has 0 saturated carbocycles. The topological polar surface area (TPSA) is 58.2 Å². The van der Waals surface area contributed by atoms with Crippen molar-refractivity contribution in [3.8, 4) is 0 Å². The van der Waals surface area contributed by atoms with Crippen LogP contribution in [0.2, 0.25) is 0 Å². The van der Waals surface area contributed by atoms with Crippen LogP contribution in [0.4, 0.5) is 0 Å². The molecule has 0 unspecified atom stereocenters. The molecule has 0 saturated heterocycles. The van der Waals surface area contributed by atoms with Crippen LogP contribution in [0.1, 0.15) is 39.7 Å². The third kappa shape index (κ3) is 6.03. The third-order valence-electron chi connectivity index (χ3n) is 2.82. The number of sulfonamides is 1. The predicted octanol–water partition coefficient (Wildman–Crippen LogP) is 2.30. The van der Waals surface area contributed by atoms with Gasteiger partial charge < -0.3 is 5.32 Å². The molecule has 0 radical (unpaired) electrons. The van der Waals surface area contributed by atoms with Crippen LogP contribution in [0.15, 0.2) is 29.2 Å². The van der Waals surface area contributed by atoms with E-state index in [1.807, 2.05) is 26.0 Å². The van der Waals surface area contributed by atoms with Crippen molar-refractivity contribution >= 4 is 10.0 Å². The van der Waals surface area contributed by atoms with Gasteiger partial charge in [0.1, 0.15) is 0 Å². The first-order valence-electron chi connectivity index (χ1n) is 7.16. The highest BCUT2D eigenvalue weighted by Crippen LogP contribution is 2.12. The maximum absolute atomic E-state index is 12.0. The highest BCUT2D eigenvalue weighted by atomic mass is 32.2. The van der Waals surface area contributed by atoms with Crippen LogP contribution in [0, 0.1) is 0 Å². The lowest BCUT2D eigenvalue weighted by Crippen LogP contribution is -2.30. The summed E-state index contributed by atoms with van der Waals surface area (Å²) >= 11 is 0. The molecular weight excluding hydrogens is 272 g/mol. The van der Waals surface area contributed by atoms with Crippen molar-refractivity contribution in [2.75, 3.05) is 6.54 Å². The van der Waals surface area contributed by atoms with E-state index in [-0.39, 0.29) is 6.04 Å². The summed E-state index contributed by atoms with van der Waals surface area (Å²) in [5, 5.41) is 3.37. The SMILES string of the molecule is CC(C)NCCCc1ccc(S(=O)(=O)NC(C)C)cc1. The molecule has 0 aromatic heterocycles. The Balaban J connectivity index is 2.56. The summed E-state index contributed by atoms with van der Waals surface area (Å²) in [5.41, 5.74) is 1.17. The van der Waals surface area contributed by atoms with Crippen molar-refractivity contribution in [3.05, 3.63) is 29.8 Å². The van der Waals surface area contributed by atoms with Gasteiger partial charge in [0, 0.05) is 12.1 Å². The second-order valence-corrected chi connectivity index (χ2v) is 7.35. The lowest BCUT2D eigenvalue weighted by atomic mass is 10.1. The van der Waals surface area contributed by atoms with Gasteiger partial charge in [-0.1, -0.05) is 26.0 Å². The fourth-order valence-corrected chi connectivity index (χ4v) is 3.15. The molecule has 1 aromatic carbocycles. The van der Waals surface area contributed by atoms with Crippen LogP contribution >= 0.6 is 0 Å². The van der Waals surface area contributed by atoms with Crippen molar-refractivity contribution in [2.24, 2.45) is 0 Å². The Morgan fingerprint density at radius 3 is 2.10 bits per heavy atom. The molecule has 0 aliphatic rings. The number of benzene rings is 1. The van der Waals surface area contributed by atoms with E-state index >= 15 is 0 Å². The van der Waals surface area contributed by atoms with Gasteiger partial charge in [-0.15, -0.1) is 0 Å². The zero-order valence-electron chi connectivity index (χ0n) is 12.8. The fourth-order valence-electron chi connectivity index (χ4n) is 1.90. The minimum atomic E-state index is -3.38. The van der Waals surface area contributed by atoms with Gasteiger partial charge in [-0.2, -0.15) is 0 Å². The minimum absolute atomic E-state index is 0.0956. The maximum Gasteiger partial charge on any atom is 0.240 e. The Hall–Kier alpha value is -0.910. The smallest absolute Gasteiger partial charge is 0.240 e. The van der Waals surface area contributed by atoms with Crippen LogP contribution in [0.25, 0.3) is 0 Å². The van der Waals surface area contributed by atoms with Gasteiger partial charge in [0.25, 0.3) is 0 Å². The number of hydrogen-bond donors (Lipinski definition) is 2. The van der Waals surface area contributed by atoms with Gasteiger partial charge in [-0.3, -0.25) is 0 Å². The number of hydrogen-bond acceptors (Lipinski definition) is 3. The molecule has 5 heteroatoms. The molecule has 20 heavy (non-hydrogen) atoms. The Kier molecular flexibility index (Phi) is 6.65. The summed E-state index contributed by atoms with van der Waals surface area (Å²) in [6.07, 6.45) is 2.01. The Labute approximate surface area is 123 Å². The number of nitrogens with one attached hydrogen (secondary N) is 2.